The fourth-order valence-electron chi connectivity index (χ4n) is 1.96. The Labute approximate surface area is 113 Å². The molecule has 5 nitrogen and oxygen atoms in total. The van der Waals surface area contributed by atoms with Gasteiger partial charge in [0.05, 0.1) is 23.7 Å². The average molecular weight is 281 g/mol. The second kappa shape index (κ2) is 5.71. The van der Waals surface area contributed by atoms with Crippen molar-refractivity contribution in [3.63, 3.8) is 0 Å². The molecular weight excluding hydrogens is 262 g/mol. The minimum absolute atomic E-state index is 0.180. The molecule has 0 fully saturated rings. The molecule has 0 aliphatic rings. The Balaban J connectivity index is 2.16. The average Bonchev–Trinajstić information content (AvgIpc) is 2.70. The summed E-state index contributed by atoms with van der Waals surface area (Å²) >= 11 is 0. The van der Waals surface area contributed by atoms with Crippen molar-refractivity contribution in [2.45, 2.75) is 33.2 Å². The van der Waals surface area contributed by atoms with E-state index in [1.54, 1.807) is 0 Å². The number of rotatable bonds is 6. The lowest BCUT2D eigenvalue weighted by atomic mass is 10.3. The standard InChI is InChI=1S/C13H19N3O2S/c1-3-4-9-19(17,18)14-10-12-11(2)15-13-7-5-6-8-16(12)13/h5-8,14H,3-4,9-10H2,1-2H3. The fourth-order valence-corrected chi connectivity index (χ4v) is 3.13. The molecule has 0 amide bonds. The second-order valence-corrected chi connectivity index (χ2v) is 6.49. The molecule has 0 radical (unpaired) electrons. The molecule has 0 aliphatic carbocycles. The van der Waals surface area contributed by atoms with Gasteiger partial charge in [-0.05, 0) is 25.5 Å². The molecule has 2 heterocycles. The van der Waals surface area contributed by atoms with E-state index in [0.717, 1.165) is 23.5 Å². The molecule has 0 unspecified atom stereocenters. The maximum absolute atomic E-state index is 11.8. The molecule has 6 heteroatoms. The van der Waals surface area contributed by atoms with Crippen molar-refractivity contribution in [3.8, 4) is 0 Å². The Morgan fingerprint density at radius 1 is 1.37 bits per heavy atom. The van der Waals surface area contributed by atoms with E-state index in [1.807, 2.05) is 42.6 Å². The first-order chi connectivity index (χ1) is 9.03. The van der Waals surface area contributed by atoms with Gasteiger partial charge in [0, 0.05) is 6.20 Å². The highest BCUT2D eigenvalue weighted by Gasteiger charge is 2.13. The summed E-state index contributed by atoms with van der Waals surface area (Å²) in [4.78, 5) is 4.40. The van der Waals surface area contributed by atoms with Crippen LogP contribution in [0.25, 0.3) is 5.65 Å². The van der Waals surface area contributed by atoms with Crippen molar-refractivity contribution >= 4 is 15.7 Å². The van der Waals surface area contributed by atoms with Crippen LogP contribution < -0.4 is 4.72 Å². The van der Waals surface area contributed by atoms with Gasteiger partial charge in [-0.25, -0.2) is 18.1 Å². The lowest BCUT2D eigenvalue weighted by molar-refractivity contribution is 0.576. The van der Waals surface area contributed by atoms with Crippen LogP contribution in [0.3, 0.4) is 0 Å². The highest BCUT2D eigenvalue weighted by atomic mass is 32.2. The van der Waals surface area contributed by atoms with Crippen LogP contribution in [0.4, 0.5) is 0 Å². The van der Waals surface area contributed by atoms with Crippen molar-refractivity contribution in [1.82, 2.24) is 14.1 Å². The third kappa shape index (κ3) is 3.33. The van der Waals surface area contributed by atoms with Gasteiger partial charge in [-0.15, -0.1) is 0 Å². The molecule has 104 valence electrons. The summed E-state index contributed by atoms with van der Waals surface area (Å²) in [5.74, 6) is 0.180. The lowest BCUT2D eigenvalue weighted by Crippen LogP contribution is -2.26. The van der Waals surface area contributed by atoms with E-state index in [-0.39, 0.29) is 12.3 Å². The first-order valence-corrected chi connectivity index (χ1v) is 8.08. The van der Waals surface area contributed by atoms with Crippen LogP contribution in [0.2, 0.25) is 0 Å². The number of hydrogen-bond donors (Lipinski definition) is 1. The Morgan fingerprint density at radius 2 is 2.16 bits per heavy atom. The largest absolute Gasteiger partial charge is 0.302 e. The predicted molar refractivity (Wildman–Crippen MR) is 75.5 cm³/mol. The molecule has 0 saturated heterocycles. The molecular formula is C13H19N3O2S. The van der Waals surface area contributed by atoms with Gasteiger partial charge in [0.15, 0.2) is 0 Å². The number of pyridine rings is 1. The highest BCUT2D eigenvalue weighted by molar-refractivity contribution is 7.89. The molecule has 0 aliphatic heterocycles. The number of unbranched alkanes of at least 4 members (excludes halogenated alkanes) is 1. The zero-order chi connectivity index (χ0) is 13.9. The molecule has 2 aromatic heterocycles. The van der Waals surface area contributed by atoms with Crippen LogP contribution in [0.1, 0.15) is 31.2 Å². The Hall–Kier alpha value is -1.40. The number of nitrogens with zero attached hydrogens (tertiary/aromatic N) is 2. The van der Waals surface area contributed by atoms with Crippen molar-refractivity contribution in [3.05, 3.63) is 35.8 Å². The minimum atomic E-state index is -3.20. The number of sulfonamides is 1. The third-order valence-corrected chi connectivity index (χ3v) is 4.47. The van der Waals surface area contributed by atoms with Gasteiger partial charge >= 0.3 is 0 Å². The number of imidazole rings is 1. The summed E-state index contributed by atoms with van der Waals surface area (Å²) in [7, 11) is -3.20. The summed E-state index contributed by atoms with van der Waals surface area (Å²) in [6.45, 7) is 4.15. The number of nitrogens with one attached hydrogen (secondary N) is 1. The summed E-state index contributed by atoms with van der Waals surface area (Å²) in [6.07, 6.45) is 3.45. The SMILES string of the molecule is CCCCS(=O)(=O)NCc1c(C)nc2ccccn12. The number of fused-ring (bicyclic) bond motifs is 1. The molecule has 0 saturated carbocycles. The van der Waals surface area contributed by atoms with Crippen molar-refractivity contribution in [2.75, 3.05) is 5.75 Å². The topological polar surface area (TPSA) is 63.5 Å². The maximum atomic E-state index is 11.8. The Morgan fingerprint density at radius 3 is 2.89 bits per heavy atom. The van der Waals surface area contributed by atoms with E-state index >= 15 is 0 Å². The molecule has 0 aromatic carbocycles. The van der Waals surface area contributed by atoms with Gasteiger partial charge in [-0.2, -0.15) is 0 Å². The van der Waals surface area contributed by atoms with Crippen LogP contribution in [-0.4, -0.2) is 23.6 Å². The maximum Gasteiger partial charge on any atom is 0.211 e. The molecule has 2 aromatic rings. The number of hydrogen-bond acceptors (Lipinski definition) is 3. The van der Waals surface area contributed by atoms with Gasteiger partial charge in [-0.3, -0.25) is 0 Å². The predicted octanol–water partition coefficient (Wildman–Crippen LogP) is 1.86. The van der Waals surface area contributed by atoms with Crippen LogP contribution in [0.5, 0.6) is 0 Å². The normalized spacial score (nSPS) is 12.1. The first kappa shape index (κ1) is 14.0. The second-order valence-electron chi connectivity index (χ2n) is 4.57. The van der Waals surface area contributed by atoms with Gasteiger partial charge in [0.2, 0.25) is 10.0 Å². The lowest BCUT2D eigenvalue weighted by Gasteiger charge is -2.07. The Bertz CT molecular complexity index is 662. The van der Waals surface area contributed by atoms with E-state index in [2.05, 4.69) is 9.71 Å². The summed E-state index contributed by atoms with van der Waals surface area (Å²) in [5.41, 5.74) is 2.57. The van der Waals surface area contributed by atoms with Crippen LogP contribution in [0.15, 0.2) is 24.4 Å². The van der Waals surface area contributed by atoms with Crippen molar-refractivity contribution in [2.24, 2.45) is 0 Å². The minimum Gasteiger partial charge on any atom is -0.302 e. The van der Waals surface area contributed by atoms with Crippen molar-refractivity contribution < 1.29 is 8.42 Å². The quantitative estimate of drug-likeness (QED) is 0.879. The first-order valence-electron chi connectivity index (χ1n) is 6.43. The molecule has 0 atom stereocenters. The summed E-state index contributed by atoms with van der Waals surface area (Å²) in [5, 5.41) is 0. The fraction of sp³-hybridized carbons (Fsp3) is 0.462. The molecule has 1 N–H and O–H groups in total. The van der Waals surface area contributed by atoms with E-state index in [9.17, 15) is 8.42 Å². The van der Waals surface area contributed by atoms with Gasteiger partial charge < -0.3 is 4.40 Å². The molecule has 2 rings (SSSR count). The van der Waals surface area contributed by atoms with E-state index in [0.29, 0.717) is 6.42 Å². The third-order valence-electron chi connectivity index (χ3n) is 3.06. The molecule has 19 heavy (non-hydrogen) atoms. The van der Waals surface area contributed by atoms with Crippen molar-refractivity contribution in [1.29, 1.82) is 0 Å². The Kier molecular flexibility index (Phi) is 4.21. The van der Waals surface area contributed by atoms with Crippen LogP contribution >= 0.6 is 0 Å². The number of aryl methyl sites for hydroxylation is 1. The zero-order valence-corrected chi connectivity index (χ0v) is 12.1. The van der Waals surface area contributed by atoms with Gasteiger partial charge in [0.25, 0.3) is 0 Å². The summed E-state index contributed by atoms with van der Waals surface area (Å²) < 4.78 is 28.1. The molecule has 0 bridgehead atoms. The number of aromatic nitrogens is 2. The monoisotopic (exact) mass is 281 g/mol. The highest BCUT2D eigenvalue weighted by Crippen LogP contribution is 2.11. The van der Waals surface area contributed by atoms with E-state index in [1.165, 1.54) is 0 Å². The van der Waals surface area contributed by atoms with Crippen LogP contribution in [-0.2, 0) is 16.6 Å². The zero-order valence-electron chi connectivity index (χ0n) is 11.3. The smallest absolute Gasteiger partial charge is 0.211 e. The van der Waals surface area contributed by atoms with E-state index < -0.39 is 10.0 Å². The van der Waals surface area contributed by atoms with E-state index in [4.69, 9.17) is 0 Å². The van der Waals surface area contributed by atoms with Gasteiger partial charge in [0.1, 0.15) is 5.65 Å². The van der Waals surface area contributed by atoms with Gasteiger partial charge in [-0.1, -0.05) is 19.4 Å². The molecule has 0 spiro atoms. The van der Waals surface area contributed by atoms with Crippen LogP contribution in [0, 0.1) is 6.92 Å². The summed E-state index contributed by atoms with van der Waals surface area (Å²) in [6, 6.07) is 5.72.